The van der Waals surface area contributed by atoms with E-state index in [1.54, 1.807) is 18.2 Å². The van der Waals surface area contributed by atoms with Crippen molar-refractivity contribution in [1.29, 1.82) is 0 Å². The van der Waals surface area contributed by atoms with E-state index in [2.05, 4.69) is 15.9 Å². The first-order chi connectivity index (χ1) is 7.04. The summed E-state index contributed by atoms with van der Waals surface area (Å²) in [6, 6.07) is 4.90. The molecule has 0 N–H and O–H groups in total. The normalized spacial score (nSPS) is 10.5. The number of ketones is 1. The molecule has 0 unspecified atom stereocenters. The lowest BCUT2D eigenvalue weighted by Crippen LogP contribution is -2.13. The molecule has 0 spiro atoms. The highest BCUT2D eigenvalue weighted by Crippen LogP contribution is 2.23. The lowest BCUT2D eigenvalue weighted by Gasteiger charge is -2.06. The molecule has 0 bridgehead atoms. The molecule has 0 heterocycles. The van der Waals surface area contributed by atoms with Crippen molar-refractivity contribution in [3.05, 3.63) is 28.2 Å². The van der Waals surface area contributed by atoms with Gasteiger partial charge in [-0.25, -0.2) is 8.78 Å². The number of methoxy groups -OCH3 is 1. The van der Waals surface area contributed by atoms with Gasteiger partial charge in [-0.15, -0.1) is 0 Å². The molecular formula is C10H9BrF2O2. The first-order valence-electron chi connectivity index (χ1n) is 4.18. The van der Waals surface area contributed by atoms with Crippen molar-refractivity contribution < 1.29 is 18.3 Å². The van der Waals surface area contributed by atoms with Crippen LogP contribution < -0.4 is 4.74 Å². The first kappa shape index (κ1) is 12.1. The summed E-state index contributed by atoms with van der Waals surface area (Å²) in [5, 5.41) is 0. The number of Topliss-reactive ketones (excluding diaryl/α,β-unsaturated/α-hetero) is 1. The highest BCUT2D eigenvalue weighted by Gasteiger charge is 2.17. The summed E-state index contributed by atoms with van der Waals surface area (Å²) in [7, 11) is 1.47. The van der Waals surface area contributed by atoms with Gasteiger partial charge in [-0.3, -0.25) is 4.79 Å². The van der Waals surface area contributed by atoms with Gasteiger partial charge in [0.05, 0.1) is 7.11 Å². The maximum Gasteiger partial charge on any atom is 0.296 e. The molecule has 0 aliphatic carbocycles. The number of hydrogen-bond acceptors (Lipinski definition) is 2. The molecule has 5 heteroatoms. The quantitative estimate of drug-likeness (QED) is 0.847. The van der Waals surface area contributed by atoms with Crippen LogP contribution in [0.15, 0.2) is 22.7 Å². The Morgan fingerprint density at radius 1 is 1.53 bits per heavy atom. The highest BCUT2D eigenvalue weighted by atomic mass is 79.9. The third kappa shape index (κ3) is 3.27. The van der Waals surface area contributed by atoms with Crippen LogP contribution >= 0.6 is 15.9 Å². The van der Waals surface area contributed by atoms with Crippen LogP contribution in [0, 0.1) is 0 Å². The molecular weight excluding hydrogens is 270 g/mol. The van der Waals surface area contributed by atoms with Gasteiger partial charge in [-0.1, -0.05) is 15.9 Å². The molecule has 0 aliphatic rings. The van der Waals surface area contributed by atoms with Crippen molar-refractivity contribution in [2.45, 2.75) is 12.8 Å². The van der Waals surface area contributed by atoms with Crippen LogP contribution in [-0.4, -0.2) is 19.3 Å². The standard InChI is InChI=1S/C10H9BrF2O2/c1-15-7-2-3-8(11)6(4-7)5-9(14)10(12)13/h2-4,10H,5H2,1H3. The number of halogens is 3. The summed E-state index contributed by atoms with van der Waals surface area (Å²) in [6.45, 7) is 0. The second-order valence-electron chi connectivity index (χ2n) is 2.90. The van der Waals surface area contributed by atoms with Crippen molar-refractivity contribution in [1.82, 2.24) is 0 Å². The average molecular weight is 279 g/mol. The van der Waals surface area contributed by atoms with Crippen LogP contribution in [0.2, 0.25) is 0 Å². The molecule has 0 aliphatic heterocycles. The molecule has 0 amide bonds. The Morgan fingerprint density at radius 3 is 2.73 bits per heavy atom. The molecule has 0 fully saturated rings. The largest absolute Gasteiger partial charge is 0.497 e. The van der Waals surface area contributed by atoms with Gasteiger partial charge in [-0.05, 0) is 23.8 Å². The fourth-order valence-corrected chi connectivity index (χ4v) is 1.47. The van der Waals surface area contributed by atoms with Crippen LogP contribution in [0.25, 0.3) is 0 Å². The Labute approximate surface area is 94.4 Å². The van der Waals surface area contributed by atoms with Crippen LogP contribution in [0.4, 0.5) is 8.78 Å². The summed E-state index contributed by atoms with van der Waals surface area (Å²) in [5.74, 6) is -0.556. The van der Waals surface area contributed by atoms with Crippen molar-refractivity contribution >= 4 is 21.7 Å². The third-order valence-corrected chi connectivity index (χ3v) is 2.63. The summed E-state index contributed by atoms with van der Waals surface area (Å²) in [5.41, 5.74) is 0.500. The number of carbonyl (C=O) groups excluding carboxylic acids is 1. The third-order valence-electron chi connectivity index (χ3n) is 1.86. The molecule has 0 saturated heterocycles. The van der Waals surface area contributed by atoms with Gasteiger partial charge in [0.2, 0.25) is 5.78 Å². The zero-order valence-electron chi connectivity index (χ0n) is 7.97. The number of carbonyl (C=O) groups is 1. The van der Waals surface area contributed by atoms with Gasteiger partial charge in [0.1, 0.15) is 5.75 Å². The van der Waals surface area contributed by atoms with Crippen molar-refractivity contribution in [2.75, 3.05) is 7.11 Å². The number of rotatable bonds is 4. The molecule has 2 nitrogen and oxygen atoms in total. The molecule has 1 aromatic carbocycles. The monoisotopic (exact) mass is 278 g/mol. The maximum absolute atomic E-state index is 12.0. The van der Waals surface area contributed by atoms with E-state index in [-0.39, 0.29) is 6.42 Å². The minimum atomic E-state index is -2.93. The van der Waals surface area contributed by atoms with Gasteiger partial charge in [0.25, 0.3) is 6.43 Å². The smallest absolute Gasteiger partial charge is 0.296 e. The van der Waals surface area contributed by atoms with Gasteiger partial charge >= 0.3 is 0 Å². The SMILES string of the molecule is COc1ccc(Br)c(CC(=O)C(F)F)c1. The minimum absolute atomic E-state index is 0.296. The number of alkyl halides is 2. The van der Waals surface area contributed by atoms with E-state index in [4.69, 9.17) is 4.74 Å². The van der Waals surface area contributed by atoms with Gasteiger partial charge in [0.15, 0.2) is 0 Å². The molecule has 1 rings (SSSR count). The van der Waals surface area contributed by atoms with Crippen LogP contribution in [0.5, 0.6) is 5.75 Å². The lowest BCUT2D eigenvalue weighted by atomic mass is 10.1. The van der Waals surface area contributed by atoms with E-state index in [1.165, 1.54) is 7.11 Å². The lowest BCUT2D eigenvalue weighted by molar-refractivity contribution is -0.128. The predicted octanol–water partition coefficient (Wildman–Crippen LogP) is 2.83. The second kappa shape index (κ2) is 5.21. The van der Waals surface area contributed by atoms with Gasteiger partial charge in [0, 0.05) is 10.9 Å². The maximum atomic E-state index is 12.0. The zero-order chi connectivity index (χ0) is 11.4. The molecule has 0 saturated carbocycles. The Morgan fingerprint density at radius 2 is 2.20 bits per heavy atom. The van der Waals surface area contributed by atoms with E-state index in [0.717, 1.165) is 0 Å². The molecule has 15 heavy (non-hydrogen) atoms. The van der Waals surface area contributed by atoms with Crippen LogP contribution in [0.1, 0.15) is 5.56 Å². The van der Waals surface area contributed by atoms with E-state index < -0.39 is 12.2 Å². The first-order valence-corrected chi connectivity index (χ1v) is 4.97. The number of ether oxygens (including phenoxy) is 1. The van der Waals surface area contributed by atoms with Crippen molar-refractivity contribution in [3.8, 4) is 5.75 Å². The van der Waals surface area contributed by atoms with Crippen molar-refractivity contribution in [3.63, 3.8) is 0 Å². The fraction of sp³-hybridized carbons (Fsp3) is 0.300. The molecule has 82 valence electrons. The van der Waals surface area contributed by atoms with Crippen molar-refractivity contribution in [2.24, 2.45) is 0 Å². The van der Waals surface area contributed by atoms with E-state index >= 15 is 0 Å². The summed E-state index contributed by atoms with van der Waals surface area (Å²) >= 11 is 3.18. The topological polar surface area (TPSA) is 26.3 Å². The second-order valence-corrected chi connectivity index (χ2v) is 3.76. The number of benzene rings is 1. The Balaban J connectivity index is 2.88. The van der Waals surface area contributed by atoms with E-state index in [1.807, 2.05) is 0 Å². The molecule has 0 aromatic heterocycles. The average Bonchev–Trinajstić information content (AvgIpc) is 2.21. The summed E-state index contributed by atoms with van der Waals surface area (Å²) in [4.78, 5) is 10.9. The molecule has 1 aromatic rings. The highest BCUT2D eigenvalue weighted by molar-refractivity contribution is 9.10. The Bertz CT molecular complexity index is 366. The molecule has 0 atom stereocenters. The Hall–Kier alpha value is -0.970. The van der Waals surface area contributed by atoms with E-state index in [9.17, 15) is 13.6 Å². The Kier molecular flexibility index (Phi) is 4.20. The van der Waals surface area contributed by atoms with Gasteiger partial charge < -0.3 is 4.74 Å². The summed E-state index contributed by atoms with van der Waals surface area (Å²) < 4.78 is 29.6. The zero-order valence-corrected chi connectivity index (χ0v) is 9.55. The van der Waals surface area contributed by atoms with Crippen LogP contribution in [0.3, 0.4) is 0 Å². The summed E-state index contributed by atoms with van der Waals surface area (Å²) in [6.07, 6.45) is -3.22. The number of hydrogen-bond donors (Lipinski definition) is 0. The minimum Gasteiger partial charge on any atom is -0.497 e. The predicted molar refractivity (Wildman–Crippen MR) is 55.4 cm³/mol. The fourth-order valence-electron chi connectivity index (χ4n) is 1.08. The molecule has 0 radical (unpaired) electrons. The van der Waals surface area contributed by atoms with E-state index in [0.29, 0.717) is 15.8 Å². The van der Waals surface area contributed by atoms with Crippen LogP contribution in [-0.2, 0) is 11.2 Å². The van der Waals surface area contributed by atoms with Gasteiger partial charge in [-0.2, -0.15) is 0 Å².